The van der Waals surface area contributed by atoms with Crippen LogP contribution in [0.3, 0.4) is 0 Å². The maximum absolute atomic E-state index is 12.0. The van der Waals surface area contributed by atoms with Gasteiger partial charge in [0, 0.05) is 31.3 Å². The van der Waals surface area contributed by atoms with E-state index in [-0.39, 0.29) is 54.2 Å². The number of nitrogens with zero attached hydrogens (tertiary/aromatic N) is 3. The average Bonchev–Trinajstić information content (AvgIpc) is 2.93. The number of amides is 3. The molecule has 1 unspecified atom stereocenters. The monoisotopic (exact) mass is 380 g/mol. The summed E-state index contributed by atoms with van der Waals surface area (Å²) < 4.78 is 0. The summed E-state index contributed by atoms with van der Waals surface area (Å²) in [7, 11) is 1.74. The minimum Gasteiger partial charge on any atom is -0.353 e. The number of non-ortho nitro benzene ring substituents is 1. The first-order valence-electron chi connectivity index (χ1n) is 7.98. The molecule has 0 spiro atoms. The Hall–Kier alpha value is -2.46. The van der Waals surface area contributed by atoms with Crippen LogP contribution < -0.4 is 5.32 Å². The highest BCUT2D eigenvalue weighted by atomic mass is 32.2. The largest absolute Gasteiger partial charge is 0.353 e. The maximum atomic E-state index is 12.0. The summed E-state index contributed by atoms with van der Waals surface area (Å²) in [4.78, 5) is 48.3. The SMILES string of the molecule is CC(c1cccc([N+](=O)[O-])c1)N(C)CC(=O)NCCN1C(=O)CSC1=O. The second kappa shape index (κ2) is 8.77. The Morgan fingerprint density at radius 3 is 2.81 bits per heavy atom. The molecule has 1 heterocycles. The van der Waals surface area contributed by atoms with E-state index in [0.29, 0.717) is 0 Å². The number of carbonyl (C=O) groups excluding carboxylic acids is 3. The van der Waals surface area contributed by atoms with Crippen LogP contribution in [0.2, 0.25) is 0 Å². The van der Waals surface area contributed by atoms with Crippen LogP contribution in [0.25, 0.3) is 0 Å². The van der Waals surface area contributed by atoms with Gasteiger partial charge in [0.15, 0.2) is 0 Å². The first kappa shape index (κ1) is 19.9. The average molecular weight is 380 g/mol. The number of rotatable bonds is 8. The van der Waals surface area contributed by atoms with Gasteiger partial charge in [-0.3, -0.25) is 34.3 Å². The molecular weight excluding hydrogens is 360 g/mol. The second-order valence-electron chi connectivity index (χ2n) is 5.89. The molecule has 1 aromatic carbocycles. The minimum absolute atomic E-state index is 0.00465. The van der Waals surface area contributed by atoms with Gasteiger partial charge in [0.05, 0.1) is 17.2 Å². The zero-order chi connectivity index (χ0) is 19.3. The lowest BCUT2D eigenvalue weighted by atomic mass is 10.1. The third-order valence-electron chi connectivity index (χ3n) is 4.12. The summed E-state index contributed by atoms with van der Waals surface area (Å²) in [6.45, 7) is 2.28. The molecule has 1 atom stereocenters. The van der Waals surface area contributed by atoms with E-state index in [2.05, 4.69) is 5.32 Å². The quantitative estimate of drug-likeness (QED) is 0.536. The number of imide groups is 1. The lowest BCUT2D eigenvalue weighted by Crippen LogP contribution is -2.41. The van der Waals surface area contributed by atoms with E-state index >= 15 is 0 Å². The fraction of sp³-hybridized carbons (Fsp3) is 0.438. The summed E-state index contributed by atoms with van der Waals surface area (Å²) in [6.07, 6.45) is 0. The Kier molecular flexibility index (Phi) is 6.70. The fourth-order valence-electron chi connectivity index (χ4n) is 2.48. The normalized spacial score (nSPS) is 15.4. The highest BCUT2D eigenvalue weighted by Gasteiger charge is 2.29. The smallest absolute Gasteiger partial charge is 0.288 e. The zero-order valence-corrected chi connectivity index (χ0v) is 15.3. The van der Waals surface area contributed by atoms with Crippen LogP contribution >= 0.6 is 11.8 Å². The van der Waals surface area contributed by atoms with Crippen molar-refractivity contribution in [3.63, 3.8) is 0 Å². The van der Waals surface area contributed by atoms with Crippen molar-refractivity contribution in [3.05, 3.63) is 39.9 Å². The number of thioether (sulfide) groups is 1. The molecule has 0 saturated carbocycles. The summed E-state index contributed by atoms with van der Waals surface area (Å²) in [5.74, 6) is -0.349. The first-order chi connectivity index (χ1) is 12.3. The van der Waals surface area contributed by atoms with Gasteiger partial charge in [0.25, 0.3) is 10.9 Å². The van der Waals surface area contributed by atoms with E-state index in [1.165, 1.54) is 12.1 Å². The molecule has 1 fully saturated rings. The fourth-order valence-corrected chi connectivity index (χ4v) is 3.23. The van der Waals surface area contributed by atoms with E-state index in [4.69, 9.17) is 0 Å². The van der Waals surface area contributed by atoms with Gasteiger partial charge >= 0.3 is 0 Å². The molecule has 1 N–H and O–H groups in total. The number of carbonyl (C=O) groups is 3. The van der Waals surface area contributed by atoms with Crippen LogP contribution in [0.15, 0.2) is 24.3 Å². The van der Waals surface area contributed by atoms with Crippen LogP contribution in [0.4, 0.5) is 10.5 Å². The third kappa shape index (κ3) is 5.02. The predicted octanol–water partition coefficient (Wildman–Crippen LogP) is 1.40. The lowest BCUT2D eigenvalue weighted by Gasteiger charge is -2.24. The number of likely N-dealkylation sites (N-methyl/N-ethyl adjacent to an activating group) is 1. The van der Waals surface area contributed by atoms with E-state index in [1.807, 2.05) is 6.92 Å². The number of nitrogens with one attached hydrogen (secondary N) is 1. The van der Waals surface area contributed by atoms with Crippen molar-refractivity contribution < 1.29 is 19.3 Å². The first-order valence-corrected chi connectivity index (χ1v) is 8.96. The molecule has 3 amide bonds. The molecule has 26 heavy (non-hydrogen) atoms. The van der Waals surface area contributed by atoms with Gasteiger partial charge in [-0.2, -0.15) is 0 Å². The molecule has 0 bridgehead atoms. The number of nitro benzene ring substituents is 1. The van der Waals surface area contributed by atoms with Crippen molar-refractivity contribution in [3.8, 4) is 0 Å². The molecule has 0 radical (unpaired) electrons. The molecule has 1 aliphatic rings. The van der Waals surface area contributed by atoms with Crippen molar-refractivity contribution >= 4 is 34.5 Å². The molecular formula is C16H20N4O5S. The van der Waals surface area contributed by atoms with Gasteiger partial charge in [-0.25, -0.2) is 0 Å². The van der Waals surface area contributed by atoms with Crippen LogP contribution in [0.5, 0.6) is 0 Å². The third-order valence-corrected chi connectivity index (χ3v) is 4.97. The molecule has 2 rings (SSSR count). The number of nitro groups is 1. The summed E-state index contributed by atoms with van der Waals surface area (Å²) in [5, 5.41) is 13.3. The Morgan fingerprint density at radius 1 is 1.46 bits per heavy atom. The number of hydrogen-bond acceptors (Lipinski definition) is 7. The van der Waals surface area contributed by atoms with E-state index < -0.39 is 4.92 Å². The van der Waals surface area contributed by atoms with Gasteiger partial charge in [0.2, 0.25) is 11.8 Å². The van der Waals surface area contributed by atoms with Crippen molar-refractivity contribution in [1.82, 2.24) is 15.1 Å². The van der Waals surface area contributed by atoms with Crippen LogP contribution in [-0.4, -0.2) is 64.2 Å². The predicted molar refractivity (Wildman–Crippen MR) is 96.7 cm³/mol. The topological polar surface area (TPSA) is 113 Å². The van der Waals surface area contributed by atoms with E-state index in [9.17, 15) is 24.5 Å². The summed E-state index contributed by atoms with van der Waals surface area (Å²) >= 11 is 0.956. The number of benzene rings is 1. The van der Waals surface area contributed by atoms with E-state index in [1.54, 1.807) is 24.1 Å². The standard InChI is InChI=1S/C16H20N4O5S/c1-11(12-4-3-5-13(8-12)20(24)25)18(2)9-14(21)17-6-7-19-15(22)10-26-16(19)23/h3-5,8,11H,6-7,9-10H2,1-2H3,(H,17,21). The second-order valence-corrected chi connectivity index (χ2v) is 6.82. The Bertz CT molecular complexity index is 710. The molecule has 1 aliphatic heterocycles. The highest BCUT2D eigenvalue weighted by Crippen LogP contribution is 2.22. The highest BCUT2D eigenvalue weighted by molar-refractivity contribution is 8.14. The van der Waals surface area contributed by atoms with Gasteiger partial charge < -0.3 is 5.32 Å². The van der Waals surface area contributed by atoms with Crippen LogP contribution in [0.1, 0.15) is 18.5 Å². The van der Waals surface area contributed by atoms with Crippen LogP contribution in [0, 0.1) is 10.1 Å². The van der Waals surface area contributed by atoms with Gasteiger partial charge in [-0.05, 0) is 19.5 Å². The van der Waals surface area contributed by atoms with Crippen LogP contribution in [-0.2, 0) is 9.59 Å². The van der Waals surface area contributed by atoms with Gasteiger partial charge in [-0.1, -0.05) is 23.9 Å². The van der Waals surface area contributed by atoms with Gasteiger partial charge in [0.1, 0.15) is 0 Å². The lowest BCUT2D eigenvalue weighted by molar-refractivity contribution is -0.384. The molecule has 140 valence electrons. The summed E-state index contributed by atoms with van der Waals surface area (Å²) in [6, 6.07) is 6.09. The molecule has 9 nitrogen and oxygen atoms in total. The zero-order valence-electron chi connectivity index (χ0n) is 14.5. The van der Waals surface area contributed by atoms with Crippen molar-refractivity contribution in [2.75, 3.05) is 32.4 Å². The molecule has 10 heteroatoms. The molecule has 0 aromatic heterocycles. The molecule has 0 aliphatic carbocycles. The Labute approximate surface area is 154 Å². The van der Waals surface area contributed by atoms with E-state index in [0.717, 1.165) is 22.2 Å². The number of hydrogen-bond donors (Lipinski definition) is 1. The molecule has 1 saturated heterocycles. The van der Waals surface area contributed by atoms with Crippen molar-refractivity contribution in [2.24, 2.45) is 0 Å². The minimum atomic E-state index is -0.456. The Morgan fingerprint density at radius 2 is 2.19 bits per heavy atom. The Balaban J connectivity index is 1.82. The van der Waals surface area contributed by atoms with Gasteiger partial charge in [-0.15, -0.1) is 0 Å². The van der Waals surface area contributed by atoms with Crippen molar-refractivity contribution in [2.45, 2.75) is 13.0 Å². The maximum Gasteiger partial charge on any atom is 0.288 e. The van der Waals surface area contributed by atoms with Crippen molar-refractivity contribution in [1.29, 1.82) is 0 Å². The summed E-state index contributed by atoms with van der Waals surface area (Å²) in [5.41, 5.74) is 0.741. The molecule has 1 aromatic rings.